The standard InChI is InChI=1S/C60H42N4/c1-60(2)52-30-11-12-32-55(52)64-54-34-33-47(38-51(54)49-29-16-31-53(60)56(49)64)58-61-57(46-26-15-24-44(37-46)43-23-13-21-41(35-43)39-17-5-3-6-18-39)62-59(63-58)50-28-10-9-27-48(50)45-25-14-22-42(36-45)40-19-7-4-8-20-40/h3-38H,1-2H3. The van der Waals surface area contributed by atoms with Crippen molar-refractivity contribution in [1.82, 2.24) is 19.5 Å². The van der Waals surface area contributed by atoms with E-state index in [0.717, 1.165) is 50.0 Å². The van der Waals surface area contributed by atoms with Crippen molar-refractivity contribution < 1.29 is 0 Å². The largest absolute Gasteiger partial charge is 0.309 e. The lowest BCUT2D eigenvalue weighted by Gasteiger charge is -2.34. The Kier molecular flexibility index (Phi) is 8.80. The maximum absolute atomic E-state index is 5.37. The highest BCUT2D eigenvalue weighted by molar-refractivity contribution is 6.12. The Balaban J connectivity index is 1.05. The van der Waals surface area contributed by atoms with Gasteiger partial charge in [-0.1, -0.05) is 190 Å². The summed E-state index contributed by atoms with van der Waals surface area (Å²) in [6.07, 6.45) is 0. The van der Waals surface area contributed by atoms with E-state index < -0.39 is 0 Å². The zero-order valence-electron chi connectivity index (χ0n) is 35.6. The third-order valence-electron chi connectivity index (χ3n) is 13.0. The molecule has 11 aromatic rings. The van der Waals surface area contributed by atoms with Crippen molar-refractivity contribution in [2.24, 2.45) is 0 Å². The van der Waals surface area contributed by atoms with Gasteiger partial charge in [-0.15, -0.1) is 0 Å². The minimum absolute atomic E-state index is 0.146. The van der Waals surface area contributed by atoms with Crippen LogP contribution in [0.2, 0.25) is 0 Å². The topological polar surface area (TPSA) is 43.6 Å². The van der Waals surface area contributed by atoms with Crippen molar-refractivity contribution in [3.05, 3.63) is 230 Å². The van der Waals surface area contributed by atoms with E-state index in [2.05, 4.69) is 237 Å². The number of fused-ring (bicyclic) bond motifs is 5. The average molecular weight is 819 g/mol. The second kappa shape index (κ2) is 15.0. The van der Waals surface area contributed by atoms with Gasteiger partial charge in [0.25, 0.3) is 0 Å². The molecule has 1 aliphatic rings. The van der Waals surface area contributed by atoms with Crippen LogP contribution in [0, 0.1) is 0 Å². The van der Waals surface area contributed by atoms with Crippen molar-refractivity contribution in [2.45, 2.75) is 19.3 Å². The molecule has 0 aliphatic carbocycles. The Bertz CT molecular complexity index is 3580. The van der Waals surface area contributed by atoms with E-state index in [1.54, 1.807) is 0 Å². The first kappa shape index (κ1) is 37.5. The molecule has 2 aromatic heterocycles. The lowest BCUT2D eigenvalue weighted by molar-refractivity contribution is 0.630. The van der Waals surface area contributed by atoms with Crippen LogP contribution in [0.1, 0.15) is 25.0 Å². The molecule has 12 rings (SSSR count). The van der Waals surface area contributed by atoms with E-state index in [1.807, 2.05) is 0 Å². The van der Waals surface area contributed by atoms with Gasteiger partial charge < -0.3 is 4.57 Å². The van der Waals surface area contributed by atoms with Crippen LogP contribution in [0.25, 0.3) is 106 Å². The van der Waals surface area contributed by atoms with Crippen LogP contribution >= 0.6 is 0 Å². The summed E-state index contributed by atoms with van der Waals surface area (Å²) < 4.78 is 2.45. The third-order valence-corrected chi connectivity index (χ3v) is 13.0. The Morgan fingerprint density at radius 3 is 1.48 bits per heavy atom. The zero-order valence-corrected chi connectivity index (χ0v) is 35.6. The zero-order chi connectivity index (χ0) is 42.8. The number of aromatic nitrogens is 4. The molecule has 3 heterocycles. The molecule has 0 N–H and O–H groups in total. The predicted molar refractivity (Wildman–Crippen MR) is 264 cm³/mol. The SMILES string of the molecule is CC1(C)c2ccccc2-n2c3ccc(-c4nc(-c5cccc(-c6cccc(-c7ccccc7)c6)c5)nc(-c5ccccc5-c5cccc(-c6ccccc6)c5)n4)cc3c3cccc1c32. The molecule has 4 nitrogen and oxygen atoms in total. The Morgan fingerprint density at radius 1 is 0.328 bits per heavy atom. The molecule has 4 heteroatoms. The van der Waals surface area contributed by atoms with Crippen molar-refractivity contribution in [3.8, 4) is 84.4 Å². The summed E-state index contributed by atoms with van der Waals surface area (Å²) in [6.45, 7) is 4.68. The fourth-order valence-electron chi connectivity index (χ4n) is 9.83. The first-order valence-corrected chi connectivity index (χ1v) is 21.9. The smallest absolute Gasteiger partial charge is 0.164 e. The molecule has 0 saturated heterocycles. The summed E-state index contributed by atoms with van der Waals surface area (Å²) in [5, 5.41) is 2.39. The van der Waals surface area contributed by atoms with E-state index >= 15 is 0 Å². The van der Waals surface area contributed by atoms with Gasteiger partial charge >= 0.3 is 0 Å². The third kappa shape index (κ3) is 6.26. The van der Waals surface area contributed by atoms with E-state index in [9.17, 15) is 0 Å². The lowest BCUT2D eigenvalue weighted by atomic mass is 9.75. The first-order chi connectivity index (χ1) is 31.5. The average Bonchev–Trinajstić information content (AvgIpc) is 3.70. The molecule has 0 bridgehead atoms. The van der Waals surface area contributed by atoms with E-state index in [4.69, 9.17) is 15.0 Å². The molecule has 0 atom stereocenters. The molecular formula is C60H42N4. The highest BCUT2D eigenvalue weighted by Crippen LogP contribution is 2.48. The minimum atomic E-state index is -0.146. The minimum Gasteiger partial charge on any atom is -0.309 e. The summed E-state index contributed by atoms with van der Waals surface area (Å²) in [7, 11) is 0. The molecule has 0 amide bonds. The number of para-hydroxylation sites is 2. The number of hydrogen-bond acceptors (Lipinski definition) is 3. The summed E-state index contributed by atoms with van der Waals surface area (Å²) in [6, 6.07) is 77.8. The second-order valence-corrected chi connectivity index (χ2v) is 17.2. The molecule has 1 aliphatic heterocycles. The second-order valence-electron chi connectivity index (χ2n) is 17.2. The number of rotatable bonds is 7. The van der Waals surface area contributed by atoms with Gasteiger partial charge in [-0.05, 0) is 98.1 Å². The lowest BCUT2D eigenvalue weighted by Crippen LogP contribution is -2.26. The normalized spacial score (nSPS) is 12.7. The Hall–Kier alpha value is -8.21. The van der Waals surface area contributed by atoms with Gasteiger partial charge in [-0.3, -0.25) is 0 Å². The van der Waals surface area contributed by atoms with Gasteiger partial charge in [0.2, 0.25) is 0 Å². The van der Waals surface area contributed by atoms with Gasteiger partial charge in [0.15, 0.2) is 17.5 Å². The fourth-order valence-corrected chi connectivity index (χ4v) is 9.83. The fraction of sp³-hybridized carbons (Fsp3) is 0.0500. The molecule has 0 saturated carbocycles. The van der Waals surface area contributed by atoms with Crippen LogP contribution in [0.4, 0.5) is 0 Å². The quantitative estimate of drug-likeness (QED) is 0.161. The van der Waals surface area contributed by atoms with Gasteiger partial charge in [-0.2, -0.15) is 0 Å². The van der Waals surface area contributed by atoms with Crippen LogP contribution < -0.4 is 0 Å². The van der Waals surface area contributed by atoms with Gasteiger partial charge in [0, 0.05) is 32.9 Å². The maximum Gasteiger partial charge on any atom is 0.164 e. The van der Waals surface area contributed by atoms with Crippen LogP contribution in [0.5, 0.6) is 0 Å². The number of hydrogen-bond donors (Lipinski definition) is 0. The molecule has 0 fully saturated rings. The molecule has 9 aromatic carbocycles. The number of benzene rings is 9. The molecule has 0 unspecified atom stereocenters. The number of nitrogens with zero attached hydrogens (tertiary/aromatic N) is 4. The van der Waals surface area contributed by atoms with Crippen molar-refractivity contribution in [3.63, 3.8) is 0 Å². The molecule has 0 spiro atoms. The van der Waals surface area contributed by atoms with E-state index in [1.165, 1.54) is 49.8 Å². The summed E-state index contributed by atoms with van der Waals surface area (Å²) in [5.41, 5.74) is 18.0. The van der Waals surface area contributed by atoms with Gasteiger partial charge in [0.1, 0.15) is 0 Å². The molecule has 302 valence electrons. The van der Waals surface area contributed by atoms with E-state index in [-0.39, 0.29) is 5.41 Å². The maximum atomic E-state index is 5.37. The van der Waals surface area contributed by atoms with E-state index in [0.29, 0.717) is 17.5 Å². The Morgan fingerprint density at radius 2 is 0.797 bits per heavy atom. The van der Waals surface area contributed by atoms with Crippen molar-refractivity contribution in [2.75, 3.05) is 0 Å². The van der Waals surface area contributed by atoms with Crippen molar-refractivity contribution in [1.29, 1.82) is 0 Å². The van der Waals surface area contributed by atoms with Crippen molar-refractivity contribution >= 4 is 21.8 Å². The van der Waals surface area contributed by atoms with Crippen LogP contribution in [-0.4, -0.2) is 19.5 Å². The summed E-state index contributed by atoms with van der Waals surface area (Å²) >= 11 is 0. The van der Waals surface area contributed by atoms with Crippen LogP contribution in [0.3, 0.4) is 0 Å². The molecular weight excluding hydrogens is 777 g/mol. The summed E-state index contributed by atoms with van der Waals surface area (Å²) in [4.78, 5) is 16.0. The highest BCUT2D eigenvalue weighted by Gasteiger charge is 2.35. The first-order valence-electron chi connectivity index (χ1n) is 21.9. The molecule has 64 heavy (non-hydrogen) atoms. The van der Waals surface area contributed by atoms with Gasteiger partial charge in [-0.25, -0.2) is 15.0 Å². The van der Waals surface area contributed by atoms with Crippen LogP contribution in [-0.2, 0) is 5.41 Å². The van der Waals surface area contributed by atoms with Crippen LogP contribution in [0.15, 0.2) is 218 Å². The highest BCUT2D eigenvalue weighted by atomic mass is 15.0. The monoisotopic (exact) mass is 818 g/mol. The molecule has 0 radical (unpaired) electrons. The van der Waals surface area contributed by atoms with Gasteiger partial charge in [0.05, 0.1) is 16.7 Å². The summed E-state index contributed by atoms with van der Waals surface area (Å²) in [5.74, 6) is 1.86. The Labute approximate surface area is 372 Å². The predicted octanol–water partition coefficient (Wildman–Crippen LogP) is 15.3.